The molecule has 0 fully saturated rings. The van der Waals surface area contributed by atoms with Gasteiger partial charge in [-0.3, -0.25) is 0 Å². The van der Waals surface area contributed by atoms with Gasteiger partial charge in [-0.1, -0.05) is 0 Å². The van der Waals surface area contributed by atoms with Gasteiger partial charge in [0.15, 0.2) is 0 Å². The van der Waals surface area contributed by atoms with Crippen LogP contribution in [0.2, 0.25) is 0 Å². The predicted molar refractivity (Wildman–Crippen MR) is 94.6 cm³/mol. The van der Waals surface area contributed by atoms with Crippen molar-refractivity contribution < 1.29 is 0 Å². The highest BCUT2D eigenvalue weighted by Gasteiger charge is 2.16. The van der Waals surface area contributed by atoms with Gasteiger partial charge < -0.3 is 11.5 Å². The molecular formula is C16H6N6S2. The molecule has 0 saturated heterocycles. The van der Waals surface area contributed by atoms with Crippen molar-refractivity contribution in [3.8, 4) is 24.3 Å². The maximum Gasteiger partial charge on any atom is 0.138 e. The molecule has 0 aliphatic rings. The van der Waals surface area contributed by atoms with Crippen LogP contribution in [-0.4, -0.2) is 0 Å². The molecule has 2 heterocycles. The van der Waals surface area contributed by atoms with Crippen molar-refractivity contribution in [2.45, 2.75) is 0 Å². The van der Waals surface area contributed by atoms with E-state index in [-0.39, 0.29) is 11.1 Å². The normalized spacial score (nSPS) is 9.83. The molecule has 8 heteroatoms. The van der Waals surface area contributed by atoms with E-state index < -0.39 is 0 Å². The molecule has 0 spiro atoms. The fraction of sp³-hybridized carbons (Fsp3) is 0. The van der Waals surface area contributed by atoms with Crippen LogP contribution in [0.25, 0.3) is 31.3 Å². The van der Waals surface area contributed by atoms with Gasteiger partial charge in [0.2, 0.25) is 0 Å². The molecule has 0 saturated carbocycles. The van der Waals surface area contributed by atoms with E-state index in [1.54, 1.807) is 12.1 Å². The number of benzene rings is 1. The van der Waals surface area contributed by atoms with E-state index in [2.05, 4.69) is 0 Å². The maximum atomic E-state index is 9.31. The summed E-state index contributed by atoms with van der Waals surface area (Å²) in [6.07, 6.45) is 0. The summed E-state index contributed by atoms with van der Waals surface area (Å²) in [6, 6.07) is 10.9. The first-order chi connectivity index (χ1) is 11.5. The van der Waals surface area contributed by atoms with Crippen LogP contribution >= 0.6 is 22.7 Å². The molecule has 6 nitrogen and oxygen atoms in total. The van der Waals surface area contributed by atoms with Gasteiger partial charge in [0, 0.05) is 30.6 Å². The summed E-state index contributed by atoms with van der Waals surface area (Å²) in [4.78, 5) is 0. The highest BCUT2D eigenvalue weighted by Crippen LogP contribution is 2.30. The maximum absolute atomic E-state index is 9.31. The van der Waals surface area contributed by atoms with Crippen molar-refractivity contribution >= 4 is 64.0 Å². The van der Waals surface area contributed by atoms with Gasteiger partial charge in [-0.2, -0.15) is 21.0 Å². The molecule has 3 rings (SSSR count). The zero-order chi connectivity index (χ0) is 17.4. The predicted octanol–water partition coefficient (Wildman–Crippen LogP) is 1.68. The SMILES string of the molecule is N#CC(C#N)=c1c2cc(N)sc2c(=C(C#N)C#N)c2cc(N)sc12. The third kappa shape index (κ3) is 2.04. The van der Waals surface area contributed by atoms with E-state index in [1.165, 1.54) is 22.7 Å². The van der Waals surface area contributed by atoms with Gasteiger partial charge in [0.25, 0.3) is 0 Å². The van der Waals surface area contributed by atoms with Crippen LogP contribution in [-0.2, 0) is 0 Å². The molecule has 0 unspecified atom stereocenters. The Morgan fingerprint density at radius 2 is 1.04 bits per heavy atom. The standard InChI is InChI=1S/C16H6N6S2/c17-3-7(4-18)13-9-1-11(21)23-15(9)14(8(5-19)6-20)10-2-12(22)24-16(10)13/h1-2H,21-22H2. The van der Waals surface area contributed by atoms with Crippen molar-refractivity contribution in [2.24, 2.45) is 0 Å². The lowest BCUT2D eigenvalue weighted by Gasteiger charge is -1.99. The highest BCUT2D eigenvalue weighted by atomic mass is 32.1. The van der Waals surface area contributed by atoms with Crippen molar-refractivity contribution in [1.82, 2.24) is 0 Å². The lowest BCUT2D eigenvalue weighted by Crippen LogP contribution is -2.15. The lowest BCUT2D eigenvalue weighted by atomic mass is 10.0. The largest absolute Gasteiger partial charge is 0.391 e. The van der Waals surface area contributed by atoms with Crippen molar-refractivity contribution in [2.75, 3.05) is 11.5 Å². The summed E-state index contributed by atoms with van der Waals surface area (Å²) in [7, 11) is 0. The average Bonchev–Trinajstić information content (AvgIpc) is 3.12. The second-order valence-corrected chi connectivity index (χ2v) is 6.90. The van der Waals surface area contributed by atoms with E-state index >= 15 is 0 Å². The number of hydrogen-bond donors (Lipinski definition) is 2. The van der Waals surface area contributed by atoms with Crippen LogP contribution in [0, 0.1) is 45.3 Å². The molecule has 1 aromatic carbocycles. The minimum atomic E-state index is -0.0633. The Balaban J connectivity index is 2.93. The first-order valence-corrected chi connectivity index (χ1v) is 8.08. The van der Waals surface area contributed by atoms with Gasteiger partial charge >= 0.3 is 0 Å². The number of hydrogen-bond acceptors (Lipinski definition) is 8. The van der Waals surface area contributed by atoms with Gasteiger partial charge in [0.1, 0.15) is 35.4 Å². The van der Waals surface area contributed by atoms with Crippen LogP contribution in [0.5, 0.6) is 0 Å². The zero-order valence-corrected chi connectivity index (χ0v) is 13.5. The van der Waals surface area contributed by atoms with Gasteiger partial charge in [0.05, 0.1) is 10.0 Å². The van der Waals surface area contributed by atoms with Crippen LogP contribution < -0.4 is 21.9 Å². The Morgan fingerprint density at radius 1 is 0.708 bits per heavy atom. The summed E-state index contributed by atoms with van der Waals surface area (Å²) in [5, 5.41) is 40.2. The first kappa shape index (κ1) is 15.3. The molecule has 0 amide bonds. The molecule has 0 atom stereocenters. The number of anilines is 2. The van der Waals surface area contributed by atoms with Crippen molar-refractivity contribution in [1.29, 1.82) is 21.0 Å². The van der Waals surface area contributed by atoms with Crippen LogP contribution in [0.15, 0.2) is 12.1 Å². The fourth-order valence-electron chi connectivity index (χ4n) is 2.58. The van der Waals surface area contributed by atoms with Gasteiger partial charge in [-0.15, -0.1) is 22.7 Å². The second kappa shape index (κ2) is 5.57. The number of thiophene rings is 2. The number of rotatable bonds is 0. The Kier molecular flexibility index (Phi) is 3.56. The summed E-state index contributed by atoms with van der Waals surface area (Å²) in [5.74, 6) is 0. The summed E-state index contributed by atoms with van der Waals surface area (Å²) in [5.41, 5.74) is 11.7. The quantitative estimate of drug-likeness (QED) is 0.632. The summed E-state index contributed by atoms with van der Waals surface area (Å²) < 4.78 is 1.18. The minimum absolute atomic E-state index is 0.0633. The van der Waals surface area contributed by atoms with E-state index in [9.17, 15) is 21.0 Å². The molecule has 112 valence electrons. The lowest BCUT2D eigenvalue weighted by molar-refractivity contribution is 1.50. The topological polar surface area (TPSA) is 147 Å². The number of nitrogens with zero attached hydrogens (tertiary/aromatic N) is 4. The summed E-state index contributed by atoms with van der Waals surface area (Å²) in [6.45, 7) is 0. The zero-order valence-electron chi connectivity index (χ0n) is 11.9. The number of fused-ring (bicyclic) bond motifs is 2. The fourth-order valence-corrected chi connectivity index (χ4v) is 4.57. The molecule has 0 aliphatic heterocycles. The first-order valence-electron chi connectivity index (χ1n) is 6.44. The number of nitrogens with two attached hydrogens (primary N) is 2. The molecule has 24 heavy (non-hydrogen) atoms. The Morgan fingerprint density at radius 3 is 1.33 bits per heavy atom. The Hall–Kier alpha value is -3.56. The molecular weight excluding hydrogens is 340 g/mol. The van der Waals surface area contributed by atoms with E-state index in [0.29, 0.717) is 40.6 Å². The summed E-state index contributed by atoms with van der Waals surface area (Å²) >= 11 is 2.40. The minimum Gasteiger partial charge on any atom is -0.391 e. The molecule has 3 aromatic rings. The Labute approximate surface area is 143 Å². The van der Waals surface area contributed by atoms with Crippen molar-refractivity contribution in [3.05, 3.63) is 22.6 Å². The van der Waals surface area contributed by atoms with E-state index in [1.807, 2.05) is 24.3 Å². The molecule has 0 bridgehead atoms. The van der Waals surface area contributed by atoms with Crippen LogP contribution in [0.1, 0.15) is 0 Å². The number of nitriles is 4. The molecule has 0 aliphatic carbocycles. The Bertz CT molecular complexity index is 1120. The average molecular weight is 346 g/mol. The van der Waals surface area contributed by atoms with E-state index in [0.717, 1.165) is 0 Å². The van der Waals surface area contributed by atoms with Gasteiger partial charge in [-0.05, 0) is 12.1 Å². The van der Waals surface area contributed by atoms with Crippen LogP contribution in [0.4, 0.5) is 10.0 Å². The third-order valence-electron chi connectivity index (χ3n) is 3.44. The monoisotopic (exact) mass is 346 g/mol. The molecule has 0 radical (unpaired) electrons. The smallest absolute Gasteiger partial charge is 0.138 e. The van der Waals surface area contributed by atoms with Gasteiger partial charge in [-0.25, -0.2) is 0 Å². The van der Waals surface area contributed by atoms with E-state index in [4.69, 9.17) is 11.5 Å². The number of nitrogen functional groups attached to an aromatic ring is 2. The van der Waals surface area contributed by atoms with Crippen molar-refractivity contribution in [3.63, 3.8) is 0 Å². The van der Waals surface area contributed by atoms with Crippen LogP contribution in [0.3, 0.4) is 0 Å². The highest BCUT2D eigenvalue weighted by molar-refractivity contribution is 7.24. The molecule has 2 aromatic heterocycles. The molecule has 4 N–H and O–H groups in total. The third-order valence-corrected chi connectivity index (χ3v) is 5.41. The second-order valence-electron chi connectivity index (χ2n) is 4.73.